The average Bonchev–Trinajstić information content (AvgIpc) is 2.74. The predicted molar refractivity (Wildman–Crippen MR) is 76.1 cm³/mol. The van der Waals surface area contributed by atoms with Crippen LogP contribution >= 0.6 is 39.1 Å². The molecule has 0 spiro atoms. The van der Waals surface area contributed by atoms with E-state index in [2.05, 4.69) is 25.9 Å². The van der Waals surface area contributed by atoms with Gasteiger partial charge in [-0.3, -0.25) is 4.40 Å². The molecule has 0 fully saturated rings. The van der Waals surface area contributed by atoms with Crippen LogP contribution in [0.25, 0.3) is 17.0 Å². The van der Waals surface area contributed by atoms with Gasteiger partial charge in [0.15, 0.2) is 0 Å². The summed E-state index contributed by atoms with van der Waals surface area (Å²) in [4.78, 5) is 8.53. The number of nitrogens with zero attached hydrogens (tertiary/aromatic N) is 3. The maximum atomic E-state index is 6.08. The van der Waals surface area contributed by atoms with Gasteiger partial charge in [0.2, 0.25) is 5.78 Å². The van der Waals surface area contributed by atoms with E-state index in [9.17, 15) is 0 Å². The van der Waals surface area contributed by atoms with Crippen LogP contribution in [0.5, 0.6) is 0 Å². The second-order valence-electron chi connectivity index (χ2n) is 3.70. The summed E-state index contributed by atoms with van der Waals surface area (Å²) in [5, 5.41) is 0.821. The molecule has 2 heterocycles. The Labute approximate surface area is 122 Å². The Bertz CT molecular complexity index is 722. The van der Waals surface area contributed by atoms with Crippen molar-refractivity contribution in [1.82, 2.24) is 14.4 Å². The van der Waals surface area contributed by atoms with Crippen molar-refractivity contribution in [1.29, 1.82) is 0 Å². The zero-order valence-electron chi connectivity index (χ0n) is 8.94. The molecule has 0 bridgehead atoms. The standard InChI is InChI=1S/C12H6BrCl2N3/c13-8-3-1-7(2-4-8)9-6-18-11(15)5-10(14)17-12(18)16-9/h1-6H. The fraction of sp³-hybridized carbons (Fsp3) is 0. The molecule has 1 aromatic carbocycles. The summed E-state index contributed by atoms with van der Waals surface area (Å²) in [5.41, 5.74) is 1.80. The molecule has 0 saturated heterocycles. The third-order valence-corrected chi connectivity index (χ3v) is 3.52. The molecule has 0 aliphatic heterocycles. The van der Waals surface area contributed by atoms with Gasteiger partial charge in [0, 0.05) is 22.3 Å². The van der Waals surface area contributed by atoms with Gasteiger partial charge < -0.3 is 0 Å². The van der Waals surface area contributed by atoms with Gasteiger partial charge in [-0.25, -0.2) is 9.97 Å². The van der Waals surface area contributed by atoms with Crippen LogP contribution in [0.1, 0.15) is 0 Å². The molecule has 18 heavy (non-hydrogen) atoms. The number of imidazole rings is 1. The fourth-order valence-electron chi connectivity index (χ4n) is 1.66. The first-order valence-corrected chi connectivity index (χ1v) is 6.65. The van der Waals surface area contributed by atoms with Crippen molar-refractivity contribution in [2.45, 2.75) is 0 Å². The van der Waals surface area contributed by atoms with Gasteiger partial charge in [-0.15, -0.1) is 0 Å². The monoisotopic (exact) mass is 341 g/mol. The van der Waals surface area contributed by atoms with Crippen molar-refractivity contribution in [2.24, 2.45) is 0 Å². The van der Waals surface area contributed by atoms with Crippen molar-refractivity contribution in [3.8, 4) is 11.3 Å². The normalized spacial score (nSPS) is 11.1. The number of halogens is 3. The maximum Gasteiger partial charge on any atom is 0.236 e. The molecule has 0 radical (unpaired) electrons. The molecule has 90 valence electrons. The van der Waals surface area contributed by atoms with E-state index in [0.717, 1.165) is 15.7 Å². The zero-order chi connectivity index (χ0) is 12.7. The molecule has 0 atom stereocenters. The van der Waals surface area contributed by atoms with Crippen LogP contribution in [-0.4, -0.2) is 14.4 Å². The van der Waals surface area contributed by atoms with Gasteiger partial charge in [0.25, 0.3) is 0 Å². The van der Waals surface area contributed by atoms with Gasteiger partial charge in [-0.1, -0.05) is 51.3 Å². The van der Waals surface area contributed by atoms with Gasteiger partial charge >= 0.3 is 0 Å². The second kappa shape index (κ2) is 4.53. The van der Waals surface area contributed by atoms with E-state index >= 15 is 0 Å². The van der Waals surface area contributed by atoms with E-state index in [0.29, 0.717) is 16.1 Å². The number of aromatic nitrogens is 3. The Balaban J connectivity index is 2.19. The van der Waals surface area contributed by atoms with Crippen LogP contribution < -0.4 is 0 Å². The SMILES string of the molecule is Clc1cc(Cl)n2cc(-c3ccc(Br)cc3)nc2n1. The Morgan fingerprint density at radius 2 is 1.78 bits per heavy atom. The van der Waals surface area contributed by atoms with Crippen LogP contribution in [0.3, 0.4) is 0 Å². The molecular formula is C12H6BrCl2N3. The summed E-state index contributed by atoms with van der Waals surface area (Å²) in [5.74, 6) is 0.491. The van der Waals surface area contributed by atoms with Crippen molar-refractivity contribution < 1.29 is 0 Å². The fourth-order valence-corrected chi connectivity index (χ4v) is 2.39. The Hall–Kier alpha value is -1.10. The van der Waals surface area contributed by atoms with Crippen molar-refractivity contribution >= 4 is 44.9 Å². The van der Waals surface area contributed by atoms with E-state index < -0.39 is 0 Å². The van der Waals surface area contributed by atoms with Crippen LogP contribution in [0.4, 0.5) is 0 Å². The third-order valence-electron chi connectivity index (χ3n) is 2.50. The Morgan fingerprint density at radius 1 is 1.06 bits per heavy atom. The van der Waals surface area contributed by atoms with E-state index in [1.807, 2.05) is 30.5 Å². The average molecular weight is 343 g/mol. The summed E-state index contributed by atoms with van der Waals surface area (Å²) in [6.45, 7) is 0. The molecule has 3 rings (SSSR count). The molecule has 0 aliphatic carbocycles. The van der Waals surface area contributed by atoms with Crippen LogP contribution in [-0.2, 0) is 0 Å². The molecule has 2 aromatic heterocycles. The Kier molecular flexibility index (Phi) is 3.01. The number of hydrogen-bond donors (Lipinski definition) is 0. The number of benzene rings is 1. The quantitative estimate of drug-likeness (QED) is 0.611. The molecule has 0 saturated carbocycles. The lowest BCUT2D eigenvalue weighted by Gasteiger charge is -1.96. The van der Waals surface area contributed by atoms with Crippen LogP contribution in [0.15, 0.2) is 41.0 Å². The summed E-state index contributed by atoms with van der Waals surface area (Å²) in [7, 11) is 0. The minimum atomic E-state index is 0.334. The first kappa shape index (κ1) is 12.0. The van der Waals surface area contributed by atoms with Gasteiger partial charge in [0.1, 0.15) is 10.3 Å². The summed E-state index contributed by atoms with van der Waals surface area (Å²) < 4.78 is 2.72. The van der Waals surface area contributed by atoms with E-state index in [4.69, 9.17) is 23.2 Å². The highest BCUT2D eigenvalue weighted by molar-refractivity contribution is 9.10. The molecule has 6 heteroatoms. The highest BCUT2D eigenvalue weighted by Crippen LogP contribution is 2.24. The molecule has 3 nitrogen and oxygen atoms in total. The largest absolute Gasteiger partial charge is 0.273 e. The molecule has 3 aromatic rings. The first-order valence-electron chi connectivity index (χ1n) is 5.10. The van der Waals surface area contributed by atoms with E-state index in [-0.39, 0.29) is 0 Å². The first-order chi connectivity index (χ1) is 8.63. The van der Waals surface area contributed by atoms with E-state index in [1.165, 1.54) is 0 Å². The second-order valence-corrected chi connectivity index (χ2v) is 5.39. The van der Waals surface area contributed by atoms with Crippen molar-refractivity contribution in [3.63, 3.8) is 0 Å². The molecule has 0 aliphatic rings. The number of fused-ring (bicyclic) bond motifs is 1. The Morgan fingerprint density at radius 3 is 2.50 bits per heavy atom. The molecular weight excluding hydrogens is 337 g/mol. The highest BCUT2D eigenvalue weighted by atomic mass is 79.9. The van der Waals surface area contributed by atoms with Gasteiger partial charge in [0.05, 0.1) is 5.69 Å². The third kappa shape index (κ3) is 2.11. The minimum Gasteiger partial charge on any atom is -0.273 e. The summed E-state index contributed by atoms with van der Waals surface area (Å²) >= 11 is 15.3. The lowest BCUT2D eigenvalue weighted by atomic mass is 10.2. The maximum absolute atomic E-state index is 6.08. The van der Waals surface area contributed by atoms with Gasteiger partial charge in [-0.05, 0) is 12.1 Å². The van der Waals surface area contributed by atoms with E-state index in [1.54, 1.807) is 10.5 Å². The molecule has 0 amide bonds. The van der Waals surface area contributed by atoms with Crippen LogP contribution in [0.2, 0.25) is 10.3 Å². The predicted octanol–water partition coefficient (Wildman–Crippen LogP) is 4.47. The summed E-state index contributed by atoms with van der Waals surface area (Å²) in [6.07, 6.45) is 1.84. The topological polar surface area (TPSA) is 30.2 Å². The van der Waals surface area contributed by atoms with Crippen molar-refractivity contribution in [3.05, 3.63) is 51.3 Å². The minimum absolute atomic E-state index is 0.334. The lowest BCUT2D eigenvalue weighted by Crippen LogP contribution is -1.88. The summed E-state index contributed by atoms with van der Waals surface area (Å²) in [6, 6.07) is 9.45. The number of rotatable bonds is 1. The van der Waals surface area contributed by atoms with Crippen LogP contribution in [0, 0.1) is 0 Å². The van der Waals surface area contributed by atoms with Gasteiger partial charge in [-0.2, -0.15) is 0 Å². The number of hydrogen-bond acceptors (Lipinski definition) is 2. The lowest BCUT2D eigenvalue weighted by molar-refractivity contribution is 1.11. The zero-order valence-corrected chi connectivity index (χ0v) is 12.0. The molecule has 0 N–H and O–H groups in total. The van der Waals surface area contributed by atoms with Crippen molar-refractivity contribution in [2.75, 3.05) is 0 Å². The molecule has 0 unspecified atom stereocenters. The smallest absolute Gasteiger partial charge is 0.236 e. The highest BCUT2D eigenvalue weighted by Gasteiger charge is 2.08.